The molecule has 0 unspecified atom stereocenters. The van der Waals surface area contributed by atoms with Gasteiger partial charge in [-0.25, -0.2) is 4.98 Å². The van der Waals surface area contributed by atoms with Gasteiger partial charge in [0.15, 0.2) is 11.6 Å². The maximum Gasteiger partial charge on any atom is 0.229 e. The molecule has 11 heteroatoms. The van der Waals surface area contributed by atoms with Gasteiger partial charge < -0.3 is 15.0 Å². The van der Waals surface area contributed by atoms with Crippen LogP contribution in [0, 0.1) is 18.3 Å². The number of nitrogens with zero attached hydrogens (tertiary/aromatic N) is 9. The molecule has 2 atom stereocenters. The molecular weight excluding hydrogens is 444 g/mol. The Labute approximate surface area is 204 Å². The number of methoxy groups -OCH3 is 1. The normalized spacial score (nSPS) is 20.1. The molecule has 35 heavy (non-hydrogen) atoms. The number of nitriles is 1. The van der Waals surface area contributed by atoms with Crippen molar-refractivity contribution in [3.05, 3.63) is 35.8 Å². The van der Waals surface area contributed by atoms with Crippen molar-refractivity contribution in [1.29, 1.82) is 5.26 Å². The van der Waals surface area contributed by atoms with Gasteiger partial charge in [-0.05, 0) is 74.3 Å². The summed E-state index contributed by atoms with van der Waals surface area (Å²) in [5.74, 6) is 2.36. The minimum Gasteiger partial charge on any atom is -0.494 e. The number of benzene rings is 1. The van der Waals surface area contributed by atoms with Crippen molar-refractivity contribution < 1.29 is 4.74 Å². The largest absolute Gasteiger partial charge is 0.494 e. The maximum atomic E-state index is 9.78. The number of nitrogens with one attached hydrogen (secondary N) is 1. The Hall–Kier alpha value is -3.78. The lowest BCUT2D eigenvalue weighted by atomic mass is 9.88. The highest BCUT2D eigenvalue weighted by molar-refractivity contribution is 5.64. The van der Waals surface area contributed by atoms with Gasteiger partial charge in [0, 0.05) is 24.8 Å². The Kier molecular flexibility index (Phi) is 6.46. The van der Waals surface area contributed by atoms with Gasteiger partial charge in [0.25, 0.3) is 0 Å². The lowest BCUT2D eigenvalue weighted by molar-refractivity contribution is 0.0893. The second kappa shape index (κ2) is 9.84. The van der Waals surface area contributed by atoms with Crippen molar-refractivity contribution in [3.63, 3.8) is 0 Å². The van der Waals surface area contributed by atoms with Crippen LogP contribution < -0.4 is 15.0 Å². The van der Waals surface area contributed by atoms with Crippen LogP contribution in [0.25, 0.3) is 5.69 Å². The molecule has 0 aliphatic carbocycles. The van der Waals surface area contributed by atoms with Gasteiger partial charge in [-0.2, -0.15) is 14.9 Å². The molecule has 1 aromatic carbocycles. The summed E-state index contributed by atoms with van der Waals surface area (Å²) < 4.78 is 7.11. The van der Waals surface area contributed by atoms with Gasteiger partial charge in [-0.15, -0.1) is 5.10 Å². The molecule has 11 nitrogen and oxygen atoms in total. The van der Waals surface area contributed by atoms with Crippen molar-refractivity contribution in [2.24, 2.45) is 0 Å². The smallest absolute Gasteiger partial charge is 0.229 e. The van der Waals surface area contributed by atoms with Crippen LogP contribution in [0.3, 0.4) is 0 Å². The third-order valence-electron chi connectivity index (χ3n) is 7.06. The van der Waals surface area contributed by atoms with Gasteiger partial charge in [0.1, 0.15) is 23.1 Å². The molecule has 2 aromatic heterocycles. The molecule has 0 bridgehead atoms. The predicted molar refractivity (Wildman–Crippen MR) is 131 cm³/mol. The summed E-state index contributed by atoms with van der Waals surface area (Å²) in [6.07, 6.45) is 7.58. The van der Waals surface area contributed by atoms with E-state index >= 15 is 0 Å². The number of hydrogen-bond donors (Lipinski definition) is 1. The highest BCUT2D eigenvalue weighted by Crippen LogP contribution is 2.33. The minimum atomic E-state index is 0.328. The van der Waals surface area contributed by atoms with E-state index in [1.54, 1.807) is 18.0 Å². The first kappa shape index (κ1) is 23.0. The molecule has 5 rings (SSSR count). The highest BCUT2D eigenvalue weighted by Gasteiger charge is 2.36. The second-order valence-electron chi connectivity index (χ2n) is 9.11. The van der Waals surface area contributed by atoms with Gasteiger partial charge in [0.05, 0.1) is 13.3 Å². The van der Waals surface area contributed by atoms with Crippen molar-refractivity contribution >= 4 is 17.5 Å². The molecule has 0 amide bonds. The van der Waals surface area contributed by atoms with E-state index in [1.165, 1.54) is 19.3 Å². The molecule has 2 aliphatic rings. The molecular formula is C24H30N10O. The number of piperidine rings is 2. The van der Waals surface area contributed by atoms with Crippen molar-refractivity contribution in [2.45, 2.75) is 51.1 Å². The topological polar surface area (TPSA) is 121 Å². The van der Waals surface area contributed by atoms with Crippen molar-refractivity contribution in [1.82, 2.24) is 35.1 Å². The average Bonchev–Trinajstić information content (AvgIpc) is 3.33. The van der Waals surface area contributed by atoms with E-state index in [9.17, 15) is 5.26 Å². The Morgan fingerprint density at radius 2 is 2.06 bits per heavy atom. The number of fused-ring (bicyclic) bond motifs is 1. The SMILES string of the molecule is COc1ccc(Nc2ncc(C#N)c(N(C)[C@H]3CCCN4CCCC[C@H]34)n2)cc1-n1nnnc1C. The van der Waals surface area contributed by atoms with Crippen LogP contribution in [0.5, 0.6) is 5.75 Å². The summed E-state index contributed by atoms with van der Waals surface area (Å²) in [4.78, 5) is 14.0. The monoisotopic (exact) mass is 474 g/mol. The van der Waals surface area contributed by atoms with Gasteiger partial charge in [-0.1, -0.05) is 6.42 Å². The molecule has 2 fully saturated rings. The standard InChI is InChI=1S/C24H30N10O/c1-16-29-30-31-34(16)21-13-18(9-10-22(21)35-3)27-24-26-15-17(14-25)23(28-24)32(2)19-8-6-12-33-11-5-4-7-20(19)33/h9-10,13,15,19-20H,4-8,11-12H2,1-3H3,(H,26,27,28)/t19-,20+/m0/s1. The van der Waals surface area contributed by atoms with E-state index in [0.29, 0.717) is 46.7 Å². The minimum absolute atomic E-state index is 0.328. The van der Waals surface area contributed by atoms with Crippen LogP contribution in [0.15, 0.2) is 24.4 Å². The van der Waals surface area contributed by atoms with Crippen molar-refractivity contribution in [2.75, 3.05) is 37.5 Å². The quantitative estimate of drug-likeness (QED) is 0.571. The molecule has 0 saturated carbocycles. The number of aryl methyl sites for hydroxylation is 1. The van der Waals surface area contributed by atoms with Crippen LogP contribution in [0.4, 0.5) is 17.5 Å². The first-order chi connectivity index (χ1) is 17.1. The van der Waals surface area contributed by atoms with Gasteiger partial charge in [0.2, 0.25) is 5.95 Å². The van der Waals surface area contributed by atoms with Crippen LogP contribution in [-0.4, -0.2) is 74.4 Å². The number of likely N-dealkylation sites (N-methyl/N-ethyl adjacent to an activating group) is 1. The number of ether oxygens (including phenoxy) is 1. The third-order valence-corrected chi connectivity index (χ3v) is 7.06. The first-order valence-electron chi connectivity index (χ1n) is 12.0. The van der Waals surface area contributed by atoms with Crippen LogP contribution in [-0.2, 0) is 0 Å². The van der Waals surface area contributed by atoms with Gasteiger partial charge in [-0.3, -0.25) is 4.90 Å². The molecule has 2 aliphatic heterocycles. The molecule has 4 heterocycles. The molecule has 0 spiro atoms. The summed E-state index contributed by atoms with van der Waals surface area (Å²) in [5, 5.41) is 24.8. The predicted octanol–water partition coefficient (Wildman–Crippen LogP) is 2.84. The summed E-state index contributed by atoms with van der Waals surface area (Å²) in [5.41, 5.74) is 1.93. The summed E-state index contributed by atoms with van der Waals surface area (Å²) in [7, 11) is 3.66. The third kappa shape index (κ3) is 4.49. The van der Waals surface area contributed by atoms with E-state index in [4.69, 9.17) is 9.72 Å². The zero-order chi connectivity index (χ0) is 24.4. The molecule has 182 valence electrons. The van der Waals surface area contributed by atoms with Crippen LogP contribution in [0.1, 0.15) is 43.5 Å². The fourth-order valence-corrected chi connectivity index (χ4v) is 5.33. The van der Waals surface area contributed by atoms with Gasteiger partial charge >= 0.3 is 0 Å². The molecule has 1 N–H and O–H groups in total. The number of aromatic nitrogens is 6. The van der Waals surface area contributed by atoms with Crippen LogP contribution >= 0.6 is 0 Å². The van der Waals surface area contributed by atoms with E-state index in [2.05, 4.69) is 48.7 Å². The Morgan fingerprint density at radius 1 is 1.20 bits per heavy atom. The zero-order valence-corrected chi connectivity index (χ0v) is 20.3. The first-order valence-corrected chi connectivity index (χ1v) is 12.0. The van der Waals surface area contributed by atoms with Crippen LogP contribution in [0.2, 0.25) is 0 Å². The molecule has 3 aromatic rings. The van der Waals surface area contributed by atoms with E-state index in [0.717, 1.165) is 31.6 Å². The van der Waals surface area contributed by atoms with E-state index in [1.807, 2.05) is 25.1 Å². The average molecular weight is 475 g/mol. The number of hydrogen-bond acceptors (Lipinski definition) is 10. The highest BCUT2D eigenvalue weighted by atomic mass is 16.5. The summed E-state index contributed by atoms with van der Waals surface area (Å²) in [6.45, 7) is 4.15. The van der Waals surface area contributed by atoms with E-state index in [-0.39, 0.29) is 0 Å². The fraction of sp³-hybridized carbons (Fsp3) is 0.500. The molecule has 0 radical (unpaired) electrons. The fourth-order valence-electron chi connectivity index (χ4n) is 5.33. The Balaban J connectivity index is 1.44. The number of rotatable bonds is 6. The van der Waals surface area contributed by atoms with Crippen molar-refractivity contribution in [3.8, 4) is 17.5 Å². The van der Waals surface area contributed by atoms with E-state index < -0.39 is 0 Å². The summed E-state index contributed by atoms with van der Waals surface area (Å²) >= 11 is 0. The Morgan fingerprint density at radius 3 is 2.83 bits per heavy atom. The Bertz CT molecular complexity index is 1230. The lowest BCUT2D eigenvalue weighted by Crippen LogP contribution is -2.56. The number of tetrazole rings is 1. The number of anilines is 3. The lowest BCUT2D eigenvalue weighted by Gasteiger charge is -2.47. The molecule has 2 saturated heterocycles. The zero-order valence-electron chi connectivity index (χ0n) is 20.3. The maximum absolute atomic E-state index is 9.78. The summed E-state index contributed by atoms with van der Waals surface area (Å²) in [6, 6.07) is 8.72. The second-order valence-corrected chi connectivity index (χ2v) is 9.11.